The van der Waals surface area contributed by atoms with Gasteiger partial charge in [-0.1, -0.05) is 0 Å². The van der Waals surface area contributed by atoms with Crippen molar-refractivity contribution >= 4 is 5.91 Å². The molecule has 1 fully saturated rings. The van der Waals surface area contributed by atoms with Crippen LogP contribution in [-0.2, 0) is 0 Å². The summed E-state index contributed by atoms with van der Waals surface area (Å²) in [5, 5.41) is 8.99. The van der Waals surface area contributed by atoms with E-state index >= 15 is 0 Å². The van der Waals surface area contributed by atoms with Crippen LogP contribution >= 0.6 is 0 Å². The topological polar surface area (TPSA) is 89.2 Å². The summed E-state index contributed by atoms with van der Waals surface area (Å²) in [5.41, 5.74) is -0.0797. The molecule has 1 amide bonds. The number of amides is 1. The minimum atomic E-state index is -0.371. The van der Waals surface area contributed by atoms with E-state index in [-0.39, 0.29) is 24.2 Å². The number of imidazole rings is 1. The molecule has 1 unspecified atom stereocenters. The van der Waals surface area contributed by atoms with Crippen molar-refractivity contribution in [2.75, 3.05) is 13.2 Å². The number of aromatic nitrogens is 2. The number of aromatic amines is 2. The Morgan fingerprint density at radius 2 is 2.35 bits per heavy atom. The van der Waals surface area contributed by atoms with E-state index in [4.69, 9.17) is 5.11 Å². The minimum Gasteiger partial charge on any atom is -0.396 e. The molecule has 94 valence electrons. The van der Waals surface area contributed by atoms with E-state index in [0.717, 1.165) is 19.3 Å². The third kappa shape index (κ3) is 2.58. The zero-order valence-corrected chi connectivity index (χ0v) is 9.61. The van der Waals surface area contributed by atoms with Crippen molar-refractivity contribution in [3.8, 4) is 0 Å². The van der Waals surface area contributed by atoms with Crippen LogP contribution in [0.5, 0.6) is 0 Å². The van der Waals surface area contributed by atoms with Gasteiger partial charge in [-0.2, -0.15) is 0 Å². The molecule has 0 bridgehead atoms. The summed E-state index contributed by atoms with van der Waals surface area (Å²) in [7, 11) is 0. The van der Waals surface area contributed by atoms with Crippen molar-refractivity contribution in [1.82, 2.24) is 14.9 Å². The van der Waals surface area contributed by atoms with Gasteiger partial charge in [0.15, 0.2) is 0 Å². The average Bonchev–Trinajstić information content (AvgIpc) is 2.76. The molecule has 1 aliphatic heterocycles. The van der Waals surface area contributed by atoms with Crippen LogP contribution in [-0.4, -0.2) is 45.1 Å². The zero-order valence-electron chi connectivity index (χ0n) is 9.61. The van der Waals surface area contributed by atoms with Gasteiger partial charge in [0.1, 0.15) is 5.69 Å². The lowest BCUT2D eigenvalue weighted by atomic mass is 9.99. The van der Waals surface area contributed by atoms with Gasteiger partial charge < -0.3 is 20.0 Å². The molecule has 1 aliphatic rings. The Hall–Kier alpha value is -1.56. The quantitative estimate of drug-likeness (QED) is 0.697. The first kappa shape index (κ1) is 11.9. The maximum absolute atomic E-state index is 12.2. The second-order valence-corrected chi connectivity index (χ2v) is 4.32. The van der Waals surface area contributed by atoms with Gasteiger partial charge in [-0.3, -0.25) is 4.79 Å². The van der Waals surface area contributed by atoms with Crippen LogP contribution in [0.15, 0.2) is 11.0 Å². The Balaban J connectivity index is 2.13. The molecule has 6 nitrogen and oxygen atoms in total. The molecule has 6 heteroatoms. The summed E-state index contributed by atoms with van der Waals surface area (Å²) < 4.78 is 0. The highest BCUT2D eigenvalue weighted by Crippen LogP contribution is 2.20. The van der Waals surface area contributed by atoms with Crippen molar-refractivity contribution in [1.29, 1.82) is 0 Å². The van der Waals surface area contributed by atoms with E-state index < -0.39 is 0 Å². The molecule has 1 atom stereocenters. The first-order chi connectivity index (χ1) is 8.22. The number of H-pyrrole nitrogens is 2. The molecule has 2 rings (SSSR count). The number of aliphatic hydroxyl groups excluding tert-OH is 1. The molecular formula is C11H17N3O3. The van der Waals surface area contributed by atoms with E-state index in [1.165, 1.54) is 6.20 Å². The second kappa shape index (κ2) is 5.18. The number of hydrogen-bond donors (Lipinski definition) is 3. The molecule has 0 saturated carbocycles. The predicted octanol–water partition coefficient (Wildman–Crippen LogP) is 0.0801. The van der Waals surface area contributed by atoms with Gasteiger partial charge in [0.05, 0.1) is 0 Å². The summed E-state index contributed by atoms with van der Waals surface area (Å²) in [6, 6.07) is 0.0830. The maximum Gasteiger partial charge on any atom is 0.323 e. The van der Waals surface area contributed by atoms with Crippen LogP contribution in [0.25, 0.3) is 0 Å². The molecule has 0 spiro atoms. The molecule has 1 aromatic rings. The number of hydrogen-bond acceptors (Lipinski definition) is 3. The lowest BCUT2D eigenvalue weighted by molar-refractivity contribution is 0.0569. The second-order valence-electron chi connectivity index (χ2n) is 4.32. The summed E-state index contributed by atoms with van der Waals surface area (Å²) in [4.78, 5) is 29.8. The molecule has 17 heavy (non-hydrogen) atoms. The fourth-order valence-electron chi connectivity index (χ4n) is 2.32. The lowest BCUT2D eigenvalue weighted by Crippen LogP contribution is -2.44. The first-order valence-corrected chi connectivity index (χ1v) is 5.92. The largest absolute Gasteiger partial charge is 0.396 e. The number of carbonyl (C=O) groups is 1. The number of carbonyl (C=O) groups excluding carboxylic acids is 1. The standard InChI is InChI=1S/C11H17N3O3/c15-6-4-8-3-1-2-5-14(8)10(16)9-7-12-11(17)13-9/h7-8,15H,1-6H2,(H2,12,13,17). The van der Waals surface area contributed by atoms with Crippen LogP contribution in [0.4, 0.5) is 0 Å². The molecule has 1 aromatic heterocycles. The number of piperidine rings is 1. The third-order valence-electron chi connectivity index (χ3n) is 3.18. The summed E-state index contributed by atoms with van der Waals surface area (Å²) in [5.74, 6) is -0.165. The number of nitrogens with one attached hydrogen (secondary N) is 2. The molecule has 3 N–H and O–H groups in total. The smallest absolute Gasteiger partial charge is 0.323 e. The van der Waals surface area contributed by atoms with E-state index in [1.54, 1.807) is 4.90 Å². The molecular weight excluding hydrogens is 222 g/mol. The zero-order chi connectivity index (χ0) is 12.3. The van der Waals surface area contributed by atoms with Gasteiger partial charge >= 0.3 is 5.69 Å². The van der Waals surface area contributed by atoms with Gasteiger partial charge in [-0.15, -0.1) is 0 Å². The van der Waals surface area contributed by atoms with Crippen LogP contribution in [0.1, 0.15) is 36.2 Å². The normalized spacial score (nSPS) is 20.5. The number of rotatable bonds is 3. The molecule has 0 aromatic carbocycles. The van der Waals surface area contributed by atoms with Crippen molar-refractivity contribution in [3.05, 3.63) is 22.4 Å². The van der Waals surface area contributed by atoms with Crippen LogP contribution < -0.4 is 5.69 Å². The monoisotopic (exact) mass is 239 g/mol. The summed E-state index contributed by atoms with van der Waals surface area (Å²) >= 11 is 0. The Kier molecular flexibility index (Phi) is 3.63. The molecule has 0 aliphatic carbocycles. The number of aliphatic hydroxyl groups is 1. The summed E-state index contributed by atoms with van der Waals surface area (Å²) in [6.45, 7) is 0.773. The van der Waals surface area contributed by atoms with Gasteiger partial charge in [0.25, 0.3) is 5.91 Å². The van der Waals surface area contributed by atoms with E-state index in [1.807, 2.05) is 0 Å². The Bertz CT molecular complexity index is 435. The first-order valence-electron chi connectivity index (χ1n) is 5.92. The molecule has 1 saturated heterocycles. The lowest BCUT2D eigenvalue weighted by Gasteiger charge is -2.35. The van der Waals surface area contributed by atoms with Crippen molar-refractivity contribution in [3.63, 3.8) is 0 Å². The van der Waals surface area contributed by atoms with E-state index in [2.05, 4.69) is 9.97 Å². The predicted molar refractivity (Wildman–Crippen MR) is 61.8 cm³/mol. The highest BCUT2D eigenvalue weighted by Gasteiger charge is 2.27. The highest BCUT2D eigenvalue weighted by molar-refractivity contribution is 5.92. The SMILES string of the molecule is O=C(c1c[nH]c(=O)[nH]1)N1CCCCC1CCO. The third-order valence-corrected chi connectivity index (χ3v) is 3.18. The number of nitrogens with zero attached hydrogens (tertiary/aromatic N) is 1. The molecule has 0 radical (unpaired) electrons. The van der Waals surface area contributed by atoms with Crippen molar-refractivity contribution in [2.24, 2.45) is 0 Å². The number of likely N-dealkylation sites (tertiary alicyclic amines) is 1. The Morgan fingerprint density at radius 3 is 3.00 bits per heavy atom. The van der Waals surface area contributed by atoms with Gasteiger partial charge in [0, 0.05) is 25.4 Å². The minimum absolute atomic E-state index is 0.0815. The average molecular weight is 239 g/mol. The van der Waals surface area contributed by atoms with Gasteiger partial charge in [0.2, 0.25) is 0 Å². The highest BCUT2D eigenvalue weighted by atomic mass is 16.3. The van der Waals surface area contributed by atoms with Gasteiger partial charge in [-0.05, 0) is 25.7 Å². The van der Waals surface area contributed by atoms with Crippen LogP contribution in [0, 0.1) is 0 Å². The maximum atomic E-state index is 12.2. The molecule has 2 heterocycles. The Labute approximate surface area is 98.7 Å². The van der Waals surface area contributed by atoms with Crippen LogP contribution in [0.3, 0.4) is 0 Å². The van der Waals surface area contributed by atoms with Gasteiger partial charge in [-0.25, -0.2) is 4.79 Å². The van der Waals surface area contributed by atoms with Crippen molar-refractivity contribution < 1.29 is 9.90 Å². The van der Waals surface area contributed by atoms with E-state index in [9.17, 15) is 9.59 Å². The van der Waals surface area contributed by atoms with E-state index in [0.29, 0.717) is 18.7 Å². The fraction of sp³-hybridized carbons (Fsp3) is 0.636. The summed E-state index contributed by atoms with van der Waals surface area (Å²) in [6.07, 6.45) is 4.97. The van der Waals surface area contributed by atoms with Crippen molar-refractivity contribution in [2.45, 2.75) is 31.7 Å². The van der Waals surface area contributed by atoms with Crippen LogP contribution in [0.2, 0.25) is 0 Å². The Morgan fingerprint density at radius 1 is 1.53 bits per heavy atom. The fourth-order valence-corrected chi connectivity index (χ4v) is 2.32.